The van der Waals surface area contributed by atoms with Crippen LogP contribution < -0.4 is 10.5 Å². The molecule has 1 aliphatic rings. The van der Waals surface area contributed by atoms with Gasteiger partial charge in [-0.2, -0.15) is 13.2 Å². The van der Waals surface area contributed by atoms with Gasteiger partial charge < -0.3 is 9.47 Å². The second kappa shape index (κ2) is 7.14. The van der Waals surface area contributed by atoms with E-state index in [1.165, 1.54) is 4.90 Å². The molecule has 0 saturated carbocycles. The van der Waals surface area contributed by atoms with Gasteiger partial charge in [0.1, 0.15) is 6.54 Å². The van der Waals surface area contributed by atoms with Crippen LogP contribution in [0.2, 0.25) is 0 Å². The Morgan fingerprint density at radius 2 is 2.03 bits per heavy atom. The number of carbonyl (C=O) groups excluding carboxylic acids is 1. The topological polar surface area (TPSA) is 55.2 Å². The van der Waals surface area contributed by atoms with Gasteiger partial charge in [0.05, 0.1) is 16.3 Å². The largest absolute Gasteiger partial charge is 0.417 e. The van der Waals surface area contributed by atoms with Crippen molar-refractivity contribution in [3.05, 3.63) is 68.4 Å². The van der Waals surface area contributed by atoms with Crippen LogP contribution >= 0.6 is 11.3 Å². The minimum Gasteiger partial charge on any atom is -0.310 e. The van der Waals surface area contributed by atoms with Crippen molar-refractivity contribution in [3.8, 4) is 11.3 Å². The van der Waals surface area contributed by atoms with Crippen LogP contribution in [0.5, 0.6) is 0 Å². The summed E-state index contributed by atoms with van der Waals surface area (Å²) < 4.78 is 39.5. The van der Waals surface area contributed by atoms with Crippen molar-refractivity contribution in [1.29, 1.82) is 0 Å². The zero-order valence-corrected chi connectivity index (χ0v) is 16.2. The zero-order chi connectivity index (χ0) is 20.8. The average molecular weight is 419 g/mol. The van der Waals surface area contributed by atoms with E-state index in [1.807, 2.05) is 30.5 Å². The highest BCUT2D eigenvalue weighted by Gasteiger charge is 2.32. The maximum Gasteiger partial charge on any atom is 0.417 e. The molecule has 0 atom stereocenters. The van der Waals surface area contributed by atoms with E-state index in [0.29, 0.717) is 24.8 Å². The molecule has 5 nitrogen and oxygen atoms in total. The highest BCUT2D eigenvalue weighted by Crippen LogP contribution is 2.33. The first-order chi connectivity index (χ1) is 13.7. The van der Waals surface area contributed by atoms with Crippen LogP contribution in [0.25, 0.3) is 11.3 Å². The molecule has 4 rings (SSSR count). The second-order valence-corrected chi connectivity index (χ2v) is 7.83. The van der Waals surface area contributed by atoms with Crippen LogP contribution in [0.3, 0.4) is 0 Å². The fraction of sp³-hybridized carbons (Fsp3) is 0.250. The number of nitrogens with zero attached hydrogens (tertiary/aromatic N) is 3. The summed E-state index contributed by atoms with van der Waals surface area (Å²) in [6, 6.07) is 7.22. The van der Waals surface area contributed by atoms with Crippen molar-refractivity contribution in [2.75, 3.05) is 11.4 Å². The molecule has 0 radical (unpaired) electrons. The summed E-state index contributed by atoms with van der Waals surface area (Å²) in [4.78, 5) is 30.6. The number of halogens is 3. The lowest BCUT2D eigenvalue weighted by molar-refractivity contribution is -0.138. The fourth-order valence-electron chi connectivity index (χ4n) is 3.37. The van der Waals surface area contributed by atoms with Crippen molar-refractivity contribution in [2.24, 2.45) is 0 Å². The molecule has 0 bridgehead atoms. The number of aryl methyl sites for hydroxylation is 1. The molecule has 0 N–H and O–H groups in total. The normalized spacial score (nSPS) is 13.6. The van der Waals surface area contributed by atoms with Crippen molar-refractivity contribution >= 4 is 22.9 Å². The van der Waals surface area contributed by atoms with E-state index in [1.54, 1.807) is 11.3 Å². The number of carbonyl (C=O) groups is 1. The van der Waals surface area contributed by atoms with Crippen LogP contribution in [0, 0.1) is 6.92 Å². The minimum atomic E-state index is -4.58. The molecular weight excluding hydrogens is 403 g/mol. The molecule has 1 aliphatic heterocycles. The lowest BCUT2D eigenvalue weighted by atomic mass is 10.1. The number of fused-ring (bicyclic) bond motifs is 1. The van der Waals surface area contributed by atoms with Gasteiger partial charge in [-0.3, -0.25) is 9.59 Å². The molecule has 1 aromatic carbocycles. The Kier molecular flexibility index (Phi) is 4.77. The molecule has 2 aromatic heterocycles. The Morgan fingerprint density at radius 1 is 1.24 bits per heavy atom. The van der Waals surface area contributed by atoms with Crippen LogP contribution in [0.4, 0.5) is 18.9 Å². The first kappa shape index (κ1) is 19.4. The van der Waals surface area contributed by atoms with Gasteiger partial charge >= 0.3 is 6.18 Å². The van der Waals surface area contributed by atoms with Crippen molar-refractivity contribution in [3.63, 3.8) is 0 Å². The lowest BCUT2D eigenvalue weighted by Gasteiger charge is -2.19. The van der Waals surface area contributed by atoms with Crippen molar-refractivity contribution in [1.82, 2.24) is 9.55 Å². The van der Waals surface area contributed by atoms with E-state index in [-0.39, 0.29) is 0 Å². The molecule has 0 unspecified atom stereocenters. The molecule has 29 heavy (non-hydrogen) atoms. The number of amides is 1. The van der Waals surface area contributed by atoms with Gasteiger partial charge in [0.2, 0.25) is 5.91 Å². The lowest BCUT2D eigenvalue weighted by Crippen LogP contribution is -2.35. The smallest absolute Gasteiger partial charge is 0.310 e. The van der Waals surface area contributed by atoms with Gasteiger partial charge in [0.15, 0.2) is 0 Å². The number of rotatable bonds is 3. The van der Waals surface area contributed by atoms with Crippen molar-refractivity contribution < 1.29 is 18.0 Å². The Balaban J connectivity index is 1.57. The first-order valence-corrected chi connectivity index (χ1v) is 9.74. The number of pyridine rings is 1. The Bertz CT molecular complexity index is 1150. The second-order valence-electron chi connectivity index (χ2n) is 6.77. The number of benzene rings is 1. The van der Waals surface area contributed by atoms with Gasteiger partial charge in [0, 0.05) is 35.4 Å². The minimum absolute atomic E-state index is 0.418. The molecule has 3 heterocycles. The van der Waals surface area contributed by atoms with Crippen LogP contribution in [0.1, 0.15) is 16.1 Å². The number of alkyl halides is 3. The average Bonchev–Trinajstić information content (AvgIpc) is 3.28. The molecule has 0 fully saturated rings. The van der Waals surface area contributed by atoms with Crippen LogP contribution in [-0.4, -0.2) is 22.0 Å². The molecular formula is C20H16F3N3O2S. The number of anilines is 1. The summed E-state index contributed by atoms with van der Waals surface area (Å²) in [5, 5.41) is 2.93. The first-order valence-electron chi connectivity index (χ1n) is 8.86. The maximum absolute atomic E-state index is 12.9. The zero-order valence-electron chi connectivity index (χ0n) is 15.4. The monoisotopic (exact) mass is 419 g/mol. The quantitative estimate of drug-likeness (QED) is 0.647. The van der Waals surface area contributed by atoms with Crippen LogP contribution in [0.15, 0.2) is 46.7 Å². The van der Waals surface area contributed by atoms with Gasteiger partial charge in [-0.25, -0.2) is 4.98 Å². The van der Waals surface area contributed by atoms with E-state index < -0.39 is 29.8 Å². The molecule has 0 spiro atoms. The molecule has 3 aromatic rings. The van der Waals surface area contributed by atoms with Crippen LogP contribution in [-0.2, 0) is 23.9 Å². The molecule has 9 heteroatoms. The molecule has 1 amide bonds. The summed E-state index contributed by atoms with van der Waals surface area (Å²) in [7, 11) is 0. The molecule has 0 aliphatic carbocycles. The Hall–Kier alpha value is -2.94. The molecule has 0 saturated heterocycles. The van der Waals surface area contributed by atoms with E-state index in [9.17, 15) is 22.8 Å². The number of aromatic nitrogens is 2. The van der Waals surface area contributed by atoms with Gasteiger partial charge in [-0.1, -0.05) is 6.07 Å². The SMILES string of the molecule is Cc1nc(-c2ccc3c(c2)CCN3C(=O)Cn2cc(C(F)(F)F)ccc2=O)cs1. The third-order valence-corrected chi connectivity index (χ3v) is 5.58. The third kappa shape index (κ3) is 3.82. The van der Waals surface area contributed by atoms with E-state index in [2.05, 4.69) is 4.98 Å². The Labute approximate surface area is 168 Å². The number of hydrogen-bond acceptors (Lipinski definition) is 4. The highest BCUT2D eigenvalue weighted by atomic mass is 32.1. The van der Waals surface area contributed by atoms with Gasteiger partial charge in [-0.05, 0) is 37.1 Å². The standard InChI is InChI=1S/C20H16F3N3O2S/c1-12-24-16(11-29-12)13-2-4-17-14(8-13)6-7-26(17)19(28)10-25-9-15(20(21,22)23)3-5-18(25)27/h2-5,8-9,11H,6-7,10H2,1H3. The predicted octanol–water partition coefficient (Wildman–Crippen LogP) is 3.89. The summed E-state index contributed by atoms with van der Waals surface area (Å²) in [6.45, 7) is 1.90. The highest BCUT2D eigenvalue weighted by molar-refractivity contribution is 7.09. The Morgan fingerprint density at radius 3 is 2.72 bits per heavy atom. The predicted molar refractivity (Wildman–Crippen MR) is 104 cm³/mol. The summed E-state index contributed by atoms with van der Waals surface area (Å²) in [6.07, 6.45) is -3.26. The van der Waals surface area contributed by atoms with Gasteiger partial charge in [-0.15, -0.1) is 11.3 Å². The summed E-state index contributed by atoms with van der Waals surface area (Å²) in [5.41, 5.74) is 1.89. The van der Waals surface area contributed by atoms with Gasteiger partial charge in [0.25, 0.3) is 5.56 Å². The summed E-state index contributed by atoms with van der Waals surface area (Å²) >= 11 is 1.56. The van der Waals surface area contributed by atoms with E-state index >= 15 is 0 Å². The summed E-state index contributed by atoms with van der Waals surface area (Å²) in [5.74, 6) is -0.428. The fourth-order valence-corrected chi connectivity index (χ4v) is 3.99. The van der Waals surface area contributed by atoms with E-state index in [4.69, 9.17) is 0 Å². The maximum atomic E-state index is 12.9. The number of thiazole rings is 1. The molecule has 150 valence electrons. The van der Waals surface area contributed by atoms with E-state index in [0.717, 1.165) is 38.5 Å². The third-order valence-electron chi connectivity index (χ3n) is 4.81. The number of hydrogen-bond donors (Lipinski definition) is 0. The van der Waals surface area contributed by atoms with Crippen molar-refractivity contribution in [2.45, 2.75) is 26.1 Å².